The minimum absolute atomic E-state index is 0. The highest BCUT2D eigenvalue weighted by atomic mass is 127. The summed E-state index contributed by atoms with van der Waals surface area (Å²) < 4.78 is 11.0. The van der Waals surface area contributed by atoms with E-state index in [9.17, 15) is 0 Å². The molecule has 1 aromatic carbocycles. The first-order valence-corrected chi connectivity index (χ1v) is 9.51. The molecular weight excluding hydrogens is 455 g/mol. The highest BCUT2D eigenvalue weighted by Gasteiger charge is 2.23. The third-order valence-electron chi connectivity index (χ3n) is 4.79. The van der Waals surface area contributed by atoms with Gasteiger partial charge in [0.15, 0.2) is 5.96 Å². The maximum atomic E-state index is 5.54. The lowest BCUT2D eigenvalue weighted by atomic mass is 10.2. The summed E-state index contributed by atoms with van der Waals surface area (Å²) in [5, 5.41) is 3.40. The van der Waals surface area contributed by atoms with Crippen molar-refractivity contribution in [3.05, 3.63) is 29.8 Å². The topological polar surface area (TPSA) is 49.3 Å². The number of rotatable bonds is 7. The van der Waals surface area contributed by atoms with Crippen LogP contribution in [0.4, 0.5) is 0 Å². The number of halogens is 1. The van der Waals surface area contributed by atoms with Crippen LogP contribution in [0.15, 0.2) is 29.3 Å². The maximum absolute atomic E-state index is 5.54. The minimum atomic E-state index is 0. The van der Waals surface area contributed by atoms with E-state index in [0.717, 1.165) is 56.7 Å². The molecule has 0 aliphatic carbocycles. The molecule has 154 valence electrons. The van der Waals surface area contributed by atoms with E-state index in [1.54, 1.807) is 7.11 Å². The Kier molecular flexibility index (Phi) is 11.0. The van der Waals surface area contributed by atoms with Crippen molar-refractivity contribution in [2.45, 2.75) is 39.4 Å². The van der Waals surface area contributed by atoms with Gasteiger partial charge in [-0.05, 0) is 26.8 Å². The Bertz CT molecular complexity index is 585. The predicted octanol–water partition coefficient (Wildman–Crippen LogP) is 2.82. The maximum Gasteiger partial charge on any atom is 0.194 e. The third kappa shape index (κ3) is 7.12. The molecule has 1 aromatic rings. The van der Waals surface area contributed by atoms with Gasteiger partial charge in [0, 0.05) is 44.3 Å². The van der Waals surface area contributed by atoms with E-state index in [2.05, 4.69) is 49.0 Å². The van der Waals surface area contributed by atoms with Gasteiger partial charge in [-0.2, -0.15) is 0 Å². The first-order valence-electron chi connectivity index (χ1n) is 9.51. The van der Waals surface area contributed by atoms with Crippen molar-refractivity contribution in [2.75, 3.05) is 47.0 Å². The van der Waals surface area contributed by atoms with Crippen LogP contribution in [0.5, 0.6) is 5.75 Å². The van der Waals surface area contributed by atoms with Crippen LogP contribution >= 0.6 is 24.0 Å². The van der Waals surface area contributed by atoms with Crippen molar-refractivity contribution in [1.82, 2.24) is 15.1 Å². The molecule has 0 amide bonds. The second-order valence-electron chi connectivity index (χ2n) is 6.87. The molecule has 27 heavy (non-hydrogen) atoms. The lowest BCUT2D eigenvalue weighted by molar-refractivity contribution is -0.0166. The minimum Gasteiger partial charge on any atom is -0.496 e. The molecule has 2 rings (SSSR count). The summed E-state index contributed by atoms with van der Waals surface area (Å²) in [4.78, 5) is 9.52. The van der Waals surface area contributed by atoms with Crippen LogP contribution in [0.25, 0.3) is 0 Å². The van der Waals surface area contributed by atoms with Crippen LogP contribution < -0.4 is 10.1 Å². The smallest absolute Gasteiger partial charge is 0.194 e. The third-order valence-corrected chi connectivity index (χ3v) is 4.79. The van der Waals surface area contributed by atoms with Gasteiger partial charge in [0.2, 0.25) is 0 Å². The van der Waals surface area contributed by atoms with Gasteiger partial charge < -0.3 is 19.7 Å². The molecule has 1 saturated heterocycles. The molecule has 0 bridgehead atoms. The second kappa shape index (κ2) is 12.4. The highest BCUT2D eigenvalue weighted by Crippen LogP contribution is 2.19. The SMILES string of the molecule is CCNC(=NCC(C)N1CCOCC1C)N(C)Cc1ccccc1OC.I. The summed E-state index contributed by atoms with van der Waals surface area (Å²) >= 11 is 0. The van der Waals surface area contributed by atoms with Gasteiger partial charge >= 0.3 is 0 Å². The summed E-state index contributed by atoms with van der Waals surface area (Å²) in [6, 6.07) is 8.96. The average molecular weight is 490 g/mol. The fourth-order valence-corrected chi connectivity index (χ4v) is 3.35. The zero-order chi connectivity index (χ0) is 18.9. The predicted molar refractivity (Wildman–Crippen MR) is 122 cm³/mol. The fourth-order valence-electron chi connectivity index (χ4n) is 3.35. The lowest BCUT2D eigenvalue weighted by Crippen LogP contribution is -2.49. The zero-order valence-electron chi connectivity index (χ0n) is 17.3. The summed E-state index contributed by atoms with van der Waals surface area (Å²) in [5.74, 6) is 1.83. The fraction of sp³-hybridized carbons (Fsp3) is 0.650. The van der Waals surface area contributed by atoms with E-state index in [-0.39, 0.29) is 24.0 Å². The first kappa shape index (κ1) is 24.0. The first-order chi connectivity index (χ1) is 12.6. The van der Waals surface area contributed by atoms with E-state index < -0.39 is 0 Å². The Balaban J connectivity index is 0.00000364. The van der Waals surface area contributed by atoms with Crippen molar-refractivity contribution in [3.63, 3.8) is 0 Å². The van der Waals surface area contributed by atoms with E-state index in [1.807, 2.05) is 18.2 Å². The largest absolute Gasteiger partial charge is 0.496 e. The summed E-state index contributed by atoms with van der Waals surface area (Å²) in [7, 11) is 3.78. The molecule has 6 nitrogen and oxygen atoms in total. The molecule has 1 heterocycles. The number of methoxy groups -OCH3 is 1. The quantitative estimate of drug-likeness (QED) is 0.362. The van der Waals surface area contributed by atoms with Gasteiger partial charge in [-0.1, -0.05) is 18.2 Å². The van der Waals surface area contributed by atoms with Crippen molar-refractivity contribution < 1.29 is 9.47 Å². The number of nitrogens with zero attached hydrogens (tertiary/aromatic N) is 3. The molecule has 2 unspecified atom stereocenters. The molecule has 1 N–H and O–H groups in total. The van der Waals surface area contributed by atoms with Gasteiger partial charge in [0.25, 0.3) is 0 Å². The van der Waals surface area contributed by atoms with Crippen LogP contribution in [-0.2, 0) is 11.3 Å². The van der Waals surface area contributed by atoms with Crippen LogP contribution in [-0.4, -0.2) is 74.8 Å². The number of hydrogen-bond acceptors (Lipinski definition) is 4. The Hall–Kier alpha value is -1.06. The van der Waals surface area contributed by atoms with E-state index in [1.165, 1.54) is 0 Å². The summed E-state index contributed by atoms with van der Waals surface area (Å²) in [6.45, 7) is 11.5. The molecular formula is C20H35IN4O2. The number of ether oxygens (including phenoxy) is 2. The van der Waals surface area contributed by atoms with Crippen molar-refractivity contribution in [1.29, 1.82) is 0 Å². The number of nitrogens with one attached hydrogen (secondary N) is 1. The van der Waals surface area contributed by atoms with Gasteiger partial charge in [0.05, 0.1) is 26.9 Å². The highest BCUT2D eigenvalue weighted by molar-refractivity contribution is 14.0. The number of guanidine groups is 1. The molecule has 1 fully saturated rings. The monoisotopic (exact) mass is 490 g/mol. The Morgan fingerprint density at radius 2 is 2.19 bits per heavy atom. The molecule has 0 aromatic heterocycles. The van der Waals surface area contributed by atoms with Crippen LogP contribution in [0.1, 0.15) is 26.3 Å². The van der Waals surface area contributed by atoms with Crippen LogP contribution in [0.3, 0.4) is 0 Å². The molecule has 0 spiro atoms. The van der Waals surface area contributed by atoms with Gasteiger partial charge in [-0.25, -0.2) is 0 Å². The van der Waals surface area contributed by atoms with Gasteiger partial charge in [-0.15, -0.1) is 24.0 Å². The second-order valence-corrected chi connectivity index (χ2v) is 6.87. The van der Waals surface area contributed by atoms with Crippen molar-refractivity contribution in [2.24, 2.45) is 4.99 Å². The number of benzene rings is 1. The molecule has 0 saturated carbocycles. The Morgan fingerprint density at radius 3 is 2.85 bits per heavy atom. The van der Waals surface area contributed by atoms with E-state index in [0.29, 0.717) is 12.1 Å². The number of hydrogen-bond donors (Lipinski definition) is 1. The van der Waals surface area contributed by atoms with Crippen LogP contribution in [0.2, 0.25) is 0 Å². The molecule has 2 atom stereocenters. The zero-order valence-corrected chi connectivity index (χ0v) is 19.6. The van der Waals surface area contributed by atoms with Crippen molar-refractivity contribution >= 4 is 29.9 Å². The molecule has 1 aliphatic rings. The lowest BCUT2D eigenvalue weighted by Gasteiger charge is -2.37. The van der Waals surface area contributed by atoms with Gasteiger partial charge in [0.1, 0.15) is 5.75 Å². The van der Waals surface area contributed by atoms with Crippen LogP contribution in [0, 0.1) is 0 Å². The normalized spacial score (nSPS) is 19.1. The number of aliphatic imine (C=N–C) groups is 1. The Morgan fingerprint density at radius 1 is 1.44 bits per heavy atom. The standard InChI is InChI=1S/C20H34N4O2.HI/c1-6-21-20(22-13-16(2)24-11-12-26-15-17(24)3)23(4)14-18-9-7-8-10-19(18)25-5;/h7-10,16-17H,6,11-15H2,1-5H3,(H,21,22);1H. The number of para-hydroxylation sites is 1. The summed E-state index contributed by atoms with van der Waals surface area (Å²) in [5.41, 5.74) is 1.15. The summed E-state index contributed by atoms with van der Waals surface area (Å²) in [6.07, 6.45) is 0. The Labute approximate surface area is 181 Å². The van der Waals surface area contributed by atoms with E-state index >= 15 is 0 Å². The van der Waals surface area contributed by atoms with E-state index in [4.69, 9.17) is 14.5 Å². The molecule has 0 radical (unpaired) electrons. The average Bonchev–Trinajstić information content (AvgIpc) is 2.65. The van der Waals surface area contributed by atoms with Gasteiger partial charge in [-0.3, -0.25) is 9.89 Å². The van der Waals surface area contributed by atoms with Crippen molar-refractivity contribution in [3.8, 4) is 5.75 Å². The molecule has 1 aliphatic heterocycles. The number of morpholine rings is 1. The molecule has 7 heteroatoms.